The summed E-state index contributed by atoms with van der Waals surface area (Å²) in [5.74, 6) is 1.78. The maximum absolute atomic E-state index is 11.9. The molecule has 2 fully saturated rings. The lowest BCUT2D eigenvalue weighted by Gasteiger charge is -2.20. The van der Waals surface area contributed by atoms with Crippen molar-refractivity contribution in [2.75, 3.05) is 13.1 Å². The number of carbonyl (C=O) groups is 1. The van der Waals surface area contributed by atoms with Gasteiger partial charge in [-0.1, -0.05) is 20.8 Å². The van der Waals surface area contributed by atoms with Crippen LogP contribution in [0.5, 0.6) is 0 Å². The molecule has 2 atom stereocenters. The molecule has 2 rings (SSSR count). The summed E-state index contributed by atoms with van der Waals surface area (Å²) in [6.07, 6.45) is 2.20. The summed E-state index contributed by atoms with van der Waals surface area (Å²) in [4.78, 5) is 14.0. The monoisotopic (exact) mass is 181 g/mol. The topological polar surface area (TPSA) is 20.3 Å². The van der Waals surface area contributed by atoms with Gasteiger partial charge < -0.3 is 4.90 Å². The van der Waals surface area contributed by atoms with Crippen molar-refractivity contribution in [2.24, 2.45) is 17.3 Å². The van der Waals surface area contributed by atoms with Crippen molar-refractivity contribution in [3.05, 3.63) is 0 Å². The van der Waals surface area contributed by atoms with Crippen LogP contribution >= 0.6 is 0 Å². The van der Waals surface area contributed by atoms with E-state index >= 15 is 0 Å². The molecular formula is C11H19NO. The fourth-order valence-electron chi connectivity index (χ4n) is 2.08. The molecule has 0 radical (unpaired) electrons. The molecule has 0 unspecified atom stereocenters. The summed E-state index contributed by atoms with van der Waals surface area (Å²) < 4.78 is 0. The quantitative estimate of drug-likeness (QED) is 0.605. The van der Waals surface area contributed by atoms with E-state index in [4.69, 9.17) is 0 Å². The summed E-state index contributed by atoms with van der Waals surface area (Å²) in [5.41, 5.74) is 0.0315. The van der Waals surface area contributed by atoms with Gasteiger partial charge in [0.2, 0.25) is 5.91 Å². The van der Waals surface area contributed by atoms with Crippen LogP contribution in [0.3, 0.4) is 0 Å². The first-order valence-corrected chi connectivity index (χ1v) is 5.32. The highest BCUT2D eigenvalue weighted by Gasteiger charge is 2.48. The maximum atomic E-state index is 11.9. The van der Waals surface area contributed by atoms with Gasteiger partial charge in [-0.15, -0.1) is 0 Å². The van der Waals surface area contributed by atoms with E-state index in [0.717, 1.165) is 25.9 Å². The first-order chi connectivity index (χ1) is 6.03. The molecule has 1 aliphatic carbocycles. The molecule has 74 valence electrons. The van der Waals surface area contributed by atoms with E-state index in [9.17, 15) is 4.79 Å². The van der Waals surface area contributed by atoms with E-state index in [1.807, 2.05) is 0 Å². The highest BCUT2D eigenvalue weighted by molar-refractivity contribution is 5.85. The Balaban J connectivity index is 1.99. The van der Waals surface area contributed by atoms with Gasteiger partial charge in [0.25, 0.3) is 0 Å². The second-order valence-electron chi connectivity index (χ2n) is 5.23. The fraction of sp³-hybridized carbons (Fsp3) is 0.909. The molecule has 0 bridgehead atoms. The standard InChI is InChI=1S/C11H19NO/c1-8-6-12(7-9(8)2)10(13)11(3)4-5-11/h8-9H,4-7H2,1-3H3/t8-,9+. The Bertz CT molecular complexity index is 222. The van der Waals surface area contributed by atoms with Gasteiger partial charge >= 0.3 is 0 Å². The van der Waals surface area contributed by atoms with Crippen LogP contribution in [0.2, 0.25) is 0 Å². The number of rotatable bonds is 1. The summed E-state index contributed by atoms with van der Waals surface area (Å²) in [6.45, 7) is 8.55. The van der Waals surface area contributed by atoms with Crippen molar-refractivity contribution in [3.63, 3.8) is 0 Å². The highest BCUT2D eigenvalue weighted by Crippen LogP contribution is 2.47. The minimum Gasteiger partial charge on any atom is -0.342 e. The van der Waals surface area contributed by atoms with Gasteiger partial charge in [0.15, 0.2) is 0 Å². The van der Waals surface area contributed by atoms with E-state index in [-0.39, 0.29) is 5.41 Å². The Morgan fingerprint density at radius 3 is 2.08 bits per heavy atom. The second-order valence-corrected chi connectivity index (χ2v) is 5.23. The predicted octanol–water partition coefficient (Wildman–Crippen LogP) is 1.90. The lowest BCUT2D eigenvalue weighted by molar-refractivity contribution is -0.135. The molecule has 0 spiro atoms. The second kappa shape index (κ2) is 2.73. The Kier molecular flexibility index (Phi) is 1.90. The van der Waals surface area contributed by atoms with Gasteiger partial charge in [0, 0.05) is 18.5 Å². The summed E-state index contributed by atoms with van der Waals surface area (Å²) in [5, 5.41) is 0. The number of nitrogens with zero attached hydrogens (tertiary/aromatic N) is 1. The van der Waals surface area contributed by atoms with E-state index in [0.29, 0.717) is 17.7 Å². The third kappa shape index (κ3) is 1.47. The number of amides is 1. The number of hydrogen-bond donors (Lipinski definition) is 0. The maximum Gasteiger partial charge on any atom is 0.228 e. The summed E-state index contributed by atoms with van der Waals surface area (Å²) >= 11 is 0. The van der Waals surface area contributed by atoms with Crippen LogP contribution in [0.1, 0.15) is 33.6 Å². The van der Waals surface area contributed by atoms with Crippen LogP contribution in [0, 0.1) is 17.3 Å². The van der Waals surface area contributed by atoms with Gasteiger partial charge in [-0.05, 0) is 24.7 Å². The van der Waals surface area contributed by atoms with Crippen molar-refractivity contribution >= 4 is 5.91 Å². The van der Waals surface area contributed by atoms with Crippen LogP contribution < -0.4 is 0 Å². The molecule has 0 aromatic rings. The molecule has 1 aliphatic heterocycles. The largest absolute Gasteiger partial charge is 0.342 e. The van der Waals surface area contributed by atoms with Crippen LogP contribution in [-0.2, 0) is 4.79 Å². The molecule has 1 saturated heterocycles. The van der Waals surface area contributed by atoms with Crippen LogP contribution in [-0.4, -0.2) is 23.9 Å². The van der Waals surface area contributed by atoms with Gasteiger partial charge in [-0.25, -0.2) is 0 Å². The normalized spacial score (nSPS) is 36.4. The molecule has 0 aromatic heterocycles. The predicted molar refractivity (Wildman–Crippen MR) is 52.2 cm³/mol. The lowest BCUT2D eigenvalue weighted by atomic mass is 10.0. The van der Waals surface area contributed by atoms with Crippen molar-refractivity contribution in [3.8, 4) is 0 Å². The average molecular weight is 181 g/mol. The molecule has 2 heteroatoms. The Labute approximate surface area is 80.3 Å². The molecule has 13 heavy (non-hydrogen) atoms. The summed E-state index contributed by atoms with van der Waals surface area (Å²) in [7, 11) is 0. The Morgan fingerprint density at radius 2 is 1.69 bits per heavy atom. The number of likely N-dealkylation sites (tertiary alicyclic amines) is 1. The zero-order valence-electron chi connectivity index (χ0n) is 8.84. The van der Waals surface area contributed by atoms with Crippen molar-refractivity contribution in [1.82, 2.24) is 4.90 Å². The minimum absolute atomic E-state index is 0.0315. The smallest absolute Gasteiger partial charge is 0.228 e. The average Bonchev–Trinajstić information content (AvgIpc) is 2.74. The molecule has 2 aliphatic rings. The molecular weight excluding hydrogens is 162 g/mol. The van der Waals surface area contributed by atoms with E-state index < -0.39 is 0 Å². The molecule has 1 heterocycles. The van der Waals surface area contributed by atoms with Crippen LogP contribution in [0.25, 0.3) is 0 Å². The fourth-order valence-corrected chi connectivity index (χ4v) is 2.08. The van der Waals surface area contributed by atoms with E-state index in [1.54, 1.807) is 0 Å². The minimum atomic E-state index is 0.0315. The Hall–Kier alpha value is -0.530. The lowest BCUT2D eigenvalue weighted by Crippen LogP contribution is -2.34. The van der Waals surface area contributed by atoms with Crippen LogP contribution in [0.4, 0.5) is 0 Å². The third-order valence-electron chi connectivity index (χ3n) is 3.79. The van der Waals surface area contributed by atoms with Gasteiger partial charge in [-0.2, -0.15) is 0 Å². The molecule has 0 N–H and O–H groups in total. The van der Waals surface area contributed by atoms with E-state index in [1.165, 1.54) is 0 Å². The Morgan fingerprint density at radius 1 is 1.23 bits per heavy atom. The first-order valence-electron chi connectivity index (χ1n) is 5.32. The van der Waals surface area contributed by atoms with E-state index in [2.05, 4.69) is 25.7 Å². The van der Waals surface area contributed by atoms with Crippen LogP contribution in [0.15, 0.2) is 0 Å². The van der Waals surface area contributed by atoms with Crippen molar-refractivity contribution < 1.29 is 4.79 Å². The first kappa shape index (κ1) is 9.04. The summed E-state index contributed by atoms with van der Waals surface area (Å²) in [6, 6.07) is 0. The molecule has 1 saturated carbocycles. The van der Waals surface area contributed by atoms with Crippen molar-refractivity contribution in [2.45, 2.75) is 33.6 Å². The zero-order valence-corrected chi connectivity index (χ0v) is 8.84. The van der Waals surface area contributed by atoms with Gasteiger partial charge in [0.05, 0.1) is 0 Å². The zero-order chi connectivity index (χ0) is 9.64. The number of hydrogen-bond acceptors (Lipinski definition) is 1. The van der Waals surface area contributed by atoms with Gasteiger partial charge in [0.1, 0.15) is 0 Å². The number of carbonyl (C=O) groups excluding carboxylic acids is 1. The molecule has 0 aromatic carbocycles. The van der Waals surface area contributed by atoms with Gasteiger partial charge in [-0.3, -0.25) is 4.79 Å². The highest BCUT2D eigenvalue weighted by atomic mass is 16.2. The van der Waals surface area contributed by atoms with Crippen molar-refractivity contribution in [1.29, 1.82) is 0 Å². The molecule has 1 amide bonds. The SMILES string of the molecule is C[C@@H]1CN(C(=O)C2(C)CC2)C[C@@H]1C. The third-order valence-corrected chi connectivity index (χ3v) is 3.79. The molecule has 2 nitrogen and oxygen atoms in total.